The van der Waals surface area contributed by atoms with E-state index in [2.05, 4.69) is 20.9 Å². The van der Waals surface area contributed by atoms with Gasteiger partial charge in [0.15, 0.2) is 0 Å². The summed E-state index contributed by atoms with van der Waals surface area (Å²) in [5, 5.41) is 8.77. The number of pyridine rings is 1. The Morgan fingerprint density at radius 1 is 1.67 bits per heavy atom. The van der Waals surface area contributed by atoms with Gasteiger partial charge in [-0.2, -0.15) is 0 Å². The van der Waals surface area contributed by atoms with E-state index in [1.54, 1.807) is 6.07 Å². The number of aliphatic hydroxyl groups is 1. The standard InChI is InChI=1S/C8H11BrN2O/c1-5-6(9)2-3-8(11-5)7(10)4-12/h2-3,7,12H,4,10H2,1H3/t7-/m1/s1. The smallest absolute Gasteiger partial charge is 0.0705 e. The van der Waals surface area contributed by atoms with E-state index in [0.717, 1.165) is 15.9 Å². The molecular weight excluding hydrogens is 220 g/mol. The van der Waals surface area contributed by atoms with Gasteiger partial charge in [0.25, 0.3) is 0 Å². The van der Waals surface area contributed by atoms with Gasteiger partial charge in [0, 0.05) is 4.47 Å². The number of rotatable bonds is 2. The molecule has 66 valence electrons. The molecule has 0 spiro atoms. The fourth-order valence-electron chi connectivity index (χ4n) is 0.864. The molecule has 0 saturated heterocycles. The average Bonchev–Trinajstić information content (AvgIpc) is 2.08. The van der Waals surface area contributed by atoms with Gasteiger partial charge in [-0.25, -0.2) is 0 Å². The number of halogens is 1. The molecule has 0 amide bonds. The maximum absolute atomic E-state index is 8.77. The van der Waals surface area contributed by atoms with Crippen LogP contribution in [0.5, 0.6) is 0 Å². The molecule has 0 aromatic carbocycles. The predicted molar refractivity (Wildman–Crippen MR) is 50.7 cm³/mol. The van der Waals surface area contributed by atoms with Gasteiger partial charge in [-0.3, -0.25) is 4.98 Å². The van der Waals surface area contributed by atoms with Crippen molar-refractivity contribution in [1.82, 2.24) is 4.98 Å². The van der Waals surface area contributed by atoms with Gasteiger partial charge in [0.1, 0.15) is 0 Å². The molecule has 0 aliphatic rings. The van der Waals surface area contributed by atoms with Crippen LogP contribution in [0.2, 0.25) is 0 Å². The Bertz CT molecular complexity index is 278. The molecule has 1 atom stereocenters. The molecule has 0 aliphatic carbocycles. The van der Waals surface area contributed by atoms with Crippen molar-refractivity contribution >= 4 is 15.9 Å². The van der Waals surface area contributed by atoms with E-state index >= 15 is 0 Å². The highest BCUT2D eigenvalue weighted by Gasteiger charge is 2.06. The van der Waals surface area contributed by atoms with Crippen molar-refractivity contribution in [3.63, 3.8) is 0 Å². The summed E-state index contributed by atoms with van der Waals surface area (Å²) in [7, 11) is 0. The largest absolute Gasteiger partial charge is 0.394 e. The fourth-order valence-corrected chi connectivity index (χ4v) is 1.08. The summed E-state index contributed by atoms with van der Waals surface area (Å²) in [6, 6.07) is 3.31. The number of nitrogens with two attached hydrogens (primary N) is 1. The number of aryl methyl sites for hydroxylation is 1. The first-order valence-corrected chi connectivity index (χ1v) is 4.44. The molecule has 0 radical (unpaired) electrons. The maximum atomic E-state index is 8.77. The number of aliphatic hydroxyl groups excluding tert-OH is 1. The van der Waals surface area contributed by atoms with Crippen LogP contribution >= 0.6 is 15.9 Å². The first-order chi connectivity index (χ1) is 5.65. The summed E-state index contributed by atoms with van der Waals surface area (Å²) in [5.74, 6) is 0. The zero-order valence-electron chi connectivity index (χ0n) is 6.79. The second-order valence-electron chi connectivity index (χ2n) is 2.59. The van der Waals surface area contributed by atoms with Crippen molar-refractivity contribution < 1.29 is 5.11 Å². The lowest BCUT2D eigenvalue weighted by Crippen LogP contribution is -2.16. The minimum atomic E-state index is -0.378. The topological polar surface area (TPSA) is 59.1 Å². The van der Waals surface area contributed by atoms with Crippen LogP contribution in [0.4, 0.5) is 0 Å². The zero-order valence-corrected chi connectivity index (χ0v) is 8.37. The van der Waals surface area contributed by atoms with Crippen LogP contribution in [0.25, 0.3) is 0 Å². The van der Waals surface area contributed by atoms with E-state index in [1.165, 1.54) is 0 Å². The molecule has 0 saturated carbocycles. The summed E-state index contributed by atoms with van der Waals surface area (Å²) in [5.41, 5.74) is 7.19. The lowest BCUT2D eigenvalue weighted by atomic mass is 10.2. The molecule has 0 unspecified atom stereocenters. The molecule has 1 rings (SSSR count). The average molecular weight is 231 g/mol. The van der Waals surface area contributed by atoms with Crippen LogP contribution in [0.15, 0.2) is 16.6 Å². The van der Waals surface area contributed by atoms with E-state index in [1.807, 2.05) is 13.0 Å². The van der Waals surface area contributed by atoms with Crippen molar-refractivity contribution in [3.05, 3.63) is 28.0 Å². The highest BCUT2D eigenvalue weighted by molar-refractivity contribution is 9.10. The second kappa shape index (κ2) is 3.98. The first kappa shape index (κ1) is 9.64. The lowest BCUT2D eigenvalue weighted by Gasteiger charge is -2.08. The van der Waals surface area contributed by atoms with Gasteiger partial charge < -0.3 is 10.8 Å². The third-order valence-corrected chi connectivity index (χ3v) is 2.46. The molecule has 1 heterocycles. The van der Waals surface area contributed by atoms with Crippen LogP contribution in [-0.2, 0) is 0 Å². The summed E-state index contributed by atoms with van der Waals surface area (Å²) in [6.45, 7) is 1.81. The Hall–Kier alpha value is -0.450. The van der Waals surface area contributed by atoms with Gasteiger partial charge in [-0.1, -0.05) is 0 Å². The van der Waals surface area contributed by atoms with Gasteiger partial charge in [-0.15, -0.1) is 0 Å². The summed E-state index contributed by atoms with van der Waals surface area (Å²) in [6.07, 6.45) is 0. The molecule has 4 heteroatoms. The van der Waals surface area contributed by atoms with Crippen molar-refractivity contribution in [1.29, 1.82) is 0 Å². The molecule has 0 aliphatic heterocycles. The van der Waals surface area contributed by atoms with Gasteiger partial charge >= 0.3 is 0 Å². The number of aromatic nitrogens is 1. The van der Waals surface area contributed by atoms with Crippen LogP contribution in [0, 0.1) is 6.92 Å². The number of nitrogens with zero attached hydrogens (tertiary/aromatic N) is 1. The zero-order chi connectivity index (χ0) is 9.14. The maximum Gasteiger partial charge on any atom is 0.0705 e. The SMILES string of the molecule is Cc1nc([C@H](N)CO)ccc1Br. The van der Waals surface area contributed by atoms with Crippen molar-refractivity contribution in [2.45, 2.75) is 13.0 Å². The number of hydrogen-bond acceptors (Lipinski definition) is 3. The van der Waals surface area contributed by atoms with Crippen molar-refractivity contribution in [2.75, 3.05) is 6.61 Å². The molecule has 0 fully saturated rings. The lowest BCUT2D eigenvalue weighted by molar-refractivity contribution is 0.266. The van der Waals surface area contributed by atoms with E-state index in [-0.39, 0.29) is 12.6 Å². The van der Waals surface area contributed by atoms with E-state index in [4.69, 9.17) is 10.8 Å². The van der Waals surface area contributed by atoms with E-state index in [0.29, 0.717) is 0 Å². The monoisotopic (exact) mass is 230 g/mol. The van der Waals surface area contributed by atoms with Crippen LogP contribution in [-0.4, -0.2) is 16.7 Å². The normalized spacial score (nSPS) is 13.0. The highest BCUT2D eigenvalue weighted by atomic mass is 79.9. The minimum absolute atomic E-state index is 0.0753. The van der Waals surface area contributed by atoms with Crippen LogP contribution in [0.3, 0.4) is 0 Å². The Morgan fingerprint density at radius 2 is 2.33 bits per heavy atom. The summed E-state index contributed by atoms with van der Waals surface area (Å²) < 4.78 is 0.955. The molecular formula is C8H11BrN2O. The van der Waals surface area contributed by atoms with Crippen molar-refractivity contribution in [3.8, 4) is 0 Å². The Balaban J connectivity index is 2.96. The molecule has 12 heavy (non-hydrogen) atoms. The quantitative estimate of drug-likeness (QED) is 0.802. The Morgan fingerprint density at radius 3 is 2.83 bits per heavy atom. The third kappa shape index (κ3) is 2.03. The van der Waals surface area contributed by atoms with Crippen molar-refractivity contribution in [2.24, 2.45) is 5.73 Å². The van der Waals surface area contributed by atoms with E-state index in [9.17, 15) is 0 Å². The third-order valence-electron chi connectivity index (χ3n) is 1.62. The number of hydrogen-bond donors (Lipinski definition) is 2. The summed E-state index contributed by atoms with van der Waals surface area (Å²) >= 11 is 3.33. The van der Waals surface area contributed by atoms with Crippen LogP contribution < -0.4 is 5.73 Å². The Kier molecular flexibility index (Phi) is 3.20. The molecule has 1 aromatic heterocycles. The van der Waals surface area contributed by atoms with Crippen LogP contribution in [0.1, 0.15) is 17.4 Å². The molecule has 3 N–H and O–H groups in total. The molecule has 3 nitrogen and oxygen atoms in total. The minimum Gasteiger partial charge on any atom is -0.394 e. The van der Waals surface area contributed by atoms with Gasteiger partial charge in [-0.05, 0) is 35.0 Å². The Labute approximate surface area is 79.7 Å². The summed E-state index contributed by atoms with van der Waals surface area (Å²) in [4.78, 5) is 4.21. The molecule has 1 aromatic rings. The fraction of sp³-hybridized carbons (Fsp3) is 0.375. The first-order valence-electron chi connectivity index (χ1n) is 3.64. The van der Waals surface area contributed by atoms with E-state index < -0.39 is 0 Å². The molecule has 0 bridgehead atoms. The van der Waals surface area contributed by atoms with Gasteiger partial charge in [0.05, 0.1) is 24.0 Å². The van der Waals surface area contributed by atoms with Gasteiger partial charge in [0.2, 0.25) is 0 Å². The second-order valence-corrected chi connectivity index (χ2v) is 3.45. The highest BCUT2D eigenvalue weighted by Crippen LogP contribution is 2.16. The predicted octanol–water partition coefficient (Wildman–Crippen LogP) is 1.14.